The molecule has 1 saturated carbocycles. The zero-order valence-corrected chi connectivity index (χ0v) is 13.5. The van der Waals surface area contributed by atoms with Crippen LogP contribution in [-0.4, -0.2) is 24.2 Å². The summed E-state index contributed by atoms with van der Waals surface area (Å²) in [4.78, 5) is 12.3. The first-order valence-corrected chi connectivity index (χ1v) is 7.84. The summed E-state index contributed by atoms with van der Waals surface area (Å²) in [6.45, 7) is 2.13. The maximum absolute atomic E-state index is 12.3. The summed E-state index contributed by atoms with van der Waals surface area (Å²) in [6, 6.07) is 6.81. The molecule has 0 aliphatic heterocycles. The smallest absolute Gasteiger partial charge is 0.262 e. The molecule has 0 bridgehead atoms. The van der Waals surface area contributed by atoms with E-state index in [4.69, 9.17) is 4.74 Å². The first kappa shape index (κ1) is 16.9. The van der Waals surface area contributed by atoms with Gasteiger partial charge in [0, 0.05) is 6.04 Å². The van der Waals surface area contributed by atoms with Gasteiger partial charge in [0.2, 0.25) is 0 Å². The number of carbonyl (C=O) groups excluding carboxylic acids is 1. The van der Waals surface area contributed by atoms with E-state index in [1.807, 2.05) is 6.07 Å². The first-order valence-electron chi connectivity index (χ1n) is 7.84. The van der Waals surface area contributed by atoms with E-state index in [9.17, 15) is 15.2 Å². The summed E-state index contributed by atoms with van der Waals surface area (Å²) in [5, 5.41) is 22.0. The Balaban J connectivity index is 2.13. The lowest BCUT2D eigenvalue weighted by Crippen LogP contribution is -2.41. The maximum atomic E-state index is 12.3. The number of ether oxygens (including phenoxy) is 1. The van der Waals surface area contributed by atoms with Gasteiger partial charge in [-0.15, -0.1) is 0 Å². The molecule has 1 aromatic rings. The average Bonchev–Trinajstić information content (AvgIpc) is 2.54. The predicted octanol–water partition coefficient (Wildman–Crippen LogP) is 3.00. The number of carbonyl (C=O) groups is 1. The number of benzene rings is 1. The summed E-state index contributed by atoms with van der Waals surface area (Å²) >= 11 is 0. The number of amides is 1. The molecule has 2 rings (SSSR count). The lowest BCUT2D eigenvalue weighted by molar-refractivity contribution is -0.118. The van der Waals surface area contributed by atoms with Crippen LogP contribution in [0.5, 0.6) is 11.5 Å². The van der Waals surface area contributed by atoms with Crippen molar-refractivity contribution in [1.82, 2.24) is 5.32 Å². The SMILES string of the molecule is COc1ccc(/C=C(\C#N)C(=O)NC2CCCCC2C)cc1O. The molecule has 0 spiro atoms. The quantitative estimate of drug-likeness (QED) is 0.661. The monoisotopic (exact) mass is 314 g/mol. The zero-order valence-electron chi connectivity index (χ0n) is 13.5. The molecule has 1 aromatic carbocycles. The minimum absolute atomic E-state index is 0.0279. The highest BCUT2D eigenvalue weighted by molar-refractivity contribution is 6.01. The highest BCUT2D eigenvalue weighted by Crippen LogP contribution is 2.27. The lowest BCUT2D eigenvalue weighted by atomic mass is 9.86. The minimum Gasteiger partial charge on any atom is -0.504 e. The van der Waals surface area contributed by atoms with Crippen LogP contribution in [0, 0.1) is 17.2 Å². The van der Waals surface area contributed by atoms with Gasteiger partial charge >= 0.3 is 0 Å². The van der Waals surface area contributed by atoms with E-state index in [2.05, 4.69) is 12.2 Å². The van der Waals surface area contributed by atoms with Crippen LogP contribution < -0.4 is 10.1 Å². The molecule has 0 heterocycles. The molecule has 0 radical (unpaired) electrons. The summed E-state index contributed by atoms with van der Waals surface area (Å²) in [5.41, 5.74) is 0.610. The van der Waals surface area contributed by atoms with Gasteiger partial charge in [-0.2, -0.15) is 5.26 Å². The molecule has 0 aromatic heterocycles. The third-order valence-electron chi connectivity index (χ3n) is 4.31. The standard InChI is InChI=1S/C18H22N2O3/c1-12-5-3-4-6-15(12)20-18(22)14(11-19)9-13-7-8-17(23-2)16(21)10-13/h7-10,12,15,21H,3-6H2,1-2H3,(H,20,22)/b14-9+. The van der Waals surface area contributed by atoms with E-state index in [1.165, 1.54) is 25.7 Å². The number of aromatic hydroxyl groups is 1. The Morgan fingerprint density at radius 1 is 1.43 bits per heavy atom. The fourth-order valence-electron chi connectivity index (χ4n) is 2.89. The summed E-state index contributed by atoms with van der Waals surface area (Å²) in [5.74, 6) is 0.389. The van der Waals surface area contributed by atoms with Gasteiger partial charge in [-0.05, 0) is 42.5 Å². The molecule has 5 nitrogen and oxygen atoms in total. The molecule has 122 valence electrons. The zero-order chi connectivity index (χ0) is 16.8. The molecular weight excluding hydrogens is 292 g/mol. The largest absolute Gasteiger partial charge is 0.504 e. The van der Waals surface area contributed by atoms with Gasteiger partial charge in [0.05, 0.1) is 7.11 Å². The van der Waals surface area contributed by atoms with Crippen molar-refractivity contribution in [3.63, 3.8) is 0 Å². The van der Waals surface area contributed by atoms with Gasteiger partial charge < -0.3 is 15.2 Å². The second-order valence-corrected chi connectivity index (χ2v) is 5.94. The van der Waals surface area contributed by atoms with E-state index in [0.29, 0.717) is 17.2 Å². The van der Waals surface area contributed by atoms with Crippen LogP contribution in [0.4, 0.5) is 0 Å². The van der Waals surface area contributed by atoms with E-state index < -0.39 is 0 Å². The van der Waals surface area contributed by atoms with Crippen LogP contribution in [0.1, 0.15) is 38.2 Å². The number of phenols is 1. The molecule has 1 fully saturated rings. The number of methoxy groups -OCH3 is 1. The summed E-state index contributed by atoms with van der Waals surface area (Å²) in [6.07, 6.45) is 5.83. The maximum Gasteiger partial charge on any atom is 0.262 e. The Bertz CT molecular complexity index is 646. The Morgan fingerprint density at radius 3 is 2.78 bits per heavy atom. The van der Waals surface area contributed by atoms with Crippen LogP contribution in [0.3, 0.4) is 0 Å². The number of hydrogen-bond donors (Lipinski definition) is 2. The lowest BCUT2D eigenvalue weighted by Gasteiger charge is -2.29. The number of nitrogens with zero attached hydrogens (tertiary/aromatic N) is 1. The molecule has 0 saturated heterocycles. The van der Waals surface area contributed by atoms with Crippen molar-refractivity contribution in [3.05, 3.63) is 29.3 Å². The van der Waals surface area contributed by atoms with Crippen LogP contribution in [0.15, 0.2) is 23.8 Å². The molecule has 2 atom stereocenters. The predicted molar refractivity (Wildman–Crippen MR) is 87.8 cm³/mol. The average molecular weight is 314 g/mol. The van der Waals surface area contributed by atoms with Gasteiger partial charge in [0.1, 0.15) is 11.6 Å². The van der Waals surface area contributed by atoms with Crippen molar-refractivity contribution in [2.24, 2.45) is 5.92 Å². The van der Waals surface area contributed by atoms with Crippen LogP contribution >= 0.6 is 0 Å². The van der Waals surface area contributed by atoms with Gasteiger partial charge in [0.15, 0.2) is 11.5 Å². The van der Waals surface area contributed by atoms with Gasteiger partial charge in [-0.3, -0.25) is 4.79 Å². The van der Waals surface area contributed by atoms with E-state index in [0.717, 1.165) is 19.3 Å². The number of rotatable bonds is 4. The highest BCUT2D eigenvalue weighted by atomic mass is 16.5. The van der Waals surface area contributed by atoms with Crippen molar-refractivity contribution in [1.29, 1.82) is 5.26 Å². The number of nitriles is 1. The molecule has 5 heteroatoms. The van der Waals surface area contributed by atoms with Crippen molar-refractivity contribution < 1.29 is 14.6 Å². The normalized spacial score (nSPS) is 21.3. The Morgan fingerprint density at radius 2 is 2.17 bits per heavy atom. The van der Waals surface area contributed by atoms with Gasteiger partial charge in [-0.25, -0.2) is 0 Å². The summed E-state index contributed by atoms with van der Waals surface area (Å²) < 4.78 is 4.98. The Labute approximate surface area is 136 Å². The van der Waals surface area contributed by atoms with Crippen molar-refractivity contribution in [2.45, 2.75) is 38.6 Å². The molecule has 2 N–H and O–H groups in total. The molecule has 1 amide bonds. The van der Waals surface area contributed by atoms with E-state index in [-0.39, 0.29) is 23.3 Å². The molecule has 1 aliphatic carbocycles. The minimum atomic E-state index is -0.360. The Kier molecular flexibility index (Phi) is 5.64. The van der Waals surface area contributed by atoms with Crippen LogP contribution in [0.2, 0.25) is 0 Å². The number of nitrogens with one attached hydrogen (secondary N) is 1. The molecule has 23 heavy (non-hydrogen) atoms. The third-order valence-corrected chi connectivity index (χ3v) is 4.31. The van der Waals surface area contributed by atoms with Gasteiger partial charge in [0.25, 0.3) is 5.91 Å². The third kappa shape index (κ3) is 4.26. The molecule has 1 aliphatic rings. The van der Waals surface area contributed by atoms with Gasteiger partial charge in [-0.1, -0.05) is 25.8 Å². The van der Waals surface area contributed by atoms with Crippen molar-refractivity contribution in [3.8, 4) is 17.6 Å². The highest BCUT2D eigenvalue weighted by Gasteiger charge is 2.24. The van der Waals surface area contributed by atoms with Crippen LogP contribution in [0.25, 0.3) is 6.08 Å². The number of phenolic OH excluding ortho intramolecular Hbond substituents is 1. The molecular formula is C18H22N2O3. The van der Waals surface area contributed by atoms with E-state index in [1.54, 1.807) is 12.1 Å². The fraction of sp³-hybridized carbons (Fsp3) is 0.444. The second-order valence-electron chi connectivity index (χ2n) is 5.94. The van der Waals surface area contributed by atoms with Crippen molar-refractivity contribution in [2.75, 3.05) is 7.11 Å². The van der Waals surface area contributed by atoms with E-state index >= 15 is 0 Å². The molecule has 2 unspecified atom stereocenters. The van der Waals surface area contributed by atoms with Crippen molar-refractivity contribution >= 4 is 12.0 Å². The summed E-state index contributed by atoms with van der Waals surface area (Å²) in [7, 11) is 1.46. The van der Waals surface area contributed by atoms with Crippen LogP contribution in [-0.2, 0) is 4.79 Å². The first-order chi connectivity index (χ1) is 11.0. The topological polar surface area (TPSA) is 82.3 Å². The second kappa shape index (κ2) is 7.68. The fourth-order valence-corrected chi connectivity index (χ4v) is 2.89. The Hall–Kier alpha value is -2.48. The number of hydrogen-bond acceptors (Lipinski definition) is 4.